The molecule has 198 valence electrons. The Morgan fingerprint density at radius 3 is 2.46 bits per heavy atom. The Balaban J connectivity index is 1.51. The molecule has 6 rings (SSSR count). The van der Waals surface area contributed by atoms with Gasteiger partial charge in [0.05, 0.1) is 24.8 Å². The van der Waals surface area contributed by atoms with Crippen LogP contribution < -0.4 is 4.90 Å². The average Bonchev–Trinajstić information content (AvgIpc) is 3.54. The molecule has 4 aromatic rings. The number of nitrogens with zero attached hydrogens (tertiary/aromatic N) is 6. The standard InChI is InChI=1S/C30H28F2N6O/c1-4-36-29(39)26-28(38-17-25(18(2)3)34-30(36)38)37(16-19-10-12-22(31)23(32)14-19)27(35-26)21-11-13-24(33-15-21)20-8-6-5-7-9-20/h5-15,18,25H,4,16-17H2,1-3H3. The molecular weight excluding hydrogens is 498 g/mol. The Morgan fingerprint density at radius 1 is 1.00 bits per heavy atom. The Hall–Kier alpha value is -4.40. The number of carbonyl (C=O) groups is 1. The van der Waals surface area contributed by atoms with Gasteiger partial charge in [-0.15, -0.1) is 0 Å². The van der Waals surface area contributed by atoms with Crippen molar-refractivity contribution in [2.24, 2.45) is 10.9 Å². The van der Waals surface area contributed by atoms with Crippen LogP contribution in [0.5, 0.6) is 0 Å². The van der Waals surface area contributed by atoms with Crippen molar-refractivity contribution in [3.63, 3.8) is 0 Å². The molecule has 0 saturated carbocycles. The summed E-state index contributed by atoms with van der Waals surface area (Å²) in [7, 11) is 0. The number of rotatable bonds is 6. The second-order valence-corrected chi connectivity index (χ2v) is 10.1. The van der Waals surface area contributed by atoms with E-state index in [1.165, 1.54) is 6.07 Å². The van der Waals surface area contributed by atoms with E-state index in [1.54, 1.807) is 17.2 Å². The second-order valence-electron chi connectivity index (χ2n) is 10.1. The third-order valence-corrected chi connectivity index (χ3v) is 7.28. The molecule has 2 aliphatic heterocycles. The van der Waals surface area contributed by atoms with Crippen molar-refractivity contribution in [1.29, 1.82) is 0 Å². The smallest absolute Gasteiger partial charge is 0.283 e. The van der Waals surface area contributed by atoms with Gasteiger partial charge in [-0.1, -0.05) is 50.2 Å². The lowest BCUT2D eigenvalue weighted by molar-refractivity contribution is 0.0841. The van der Waals surface area contributed by atoms with Crippen LogP contribution in [0.3, 0.4) is 0 Å². The van der Waals surface area contributed by atoms with Crippen LogP contribution in [0.4, 0.5) is 14.6 Å². The van der Waals surface area contributed by atoms with Gasteiger partial charge in [0, 0.05) is 23.9 Å². The molecule has 39 heavy (non-hydrogen) atoms. The molecule has 0 radical (unpaired) electrons. The molecule has 0 N–H and O–H groups in total. The molecule has 0 spiro atoms. The Bertz CT molecular complexity index is 1580. The van der Waals surface area contributed by atoms with Gasteiger partial charge in [0.25, 0.3) is 5.91 Å². The molecule has 2 aromatic heterocycles. The monoisotopic (exact) mass is 526 g/mol. The number of hydrogen-bond donors (Lipinski definition) is 0. The number of amides is 1. The third kappa shape index (κ3) is 4.27. The molecule has 0 saturated heterocycles. The van der Waals surface area contributed by atoms with E-state index in [1.807, 2.05) is 58.9 Å². The summed E-state index contributed by atoms with van der Waals surface area (Å²) in [6.45, 7) is 7.36. The second kappa shape index (κ2) is 9.72. The molecule has 4 heterocycles. The maximum Gasteiger partial charge on any atom is 0.283 e. The predicted octanol–water partition coefficient (Wildman–Crippen LogP) is 5.61. The predicted molar refractivity (Wildman–Crippen MR) is 146 cm³/mol. The molecule has 1 unspecified atom stereocenters. The molecule has 7 nitrogen and oxygen atoms in total. The van der Waals surface area contributed by atoms with E-state index in [4.69, 9.17) is 9.98 Å². The zero-order chi connectivity index (χ0) is 27.3. The summed E-state index contributed by atoms with van der Waals surface area (Å²) in [5, 5.41) is 0. The van der Waals surface area contributed by atoms with Crippen LogP contribution in [0.1, 0.15) is 36.8 Å². The zero-order valence-electron chi connectivity index (χ0n) is 22.0. The number of guanidine groups is 1. The van der Waals surface area contributed by atoms with Gasteiger partial charge in [0.15, 0.2) is 17.3 Å². The number of fused-ring (bicyclic) bond motifs is 3. The molecule has 1 amide bonds. The van der Waals surface area contributed by atoms with Crippen molar-refractivity contribution in [3.8, 4) is 22.6 Å². The van der Waals surface area contributed by atoms with Crippen molar-refractivity contribution in [3.05, 3.63) is 89.8 Å². The maximum absolute atomic E-state index is 14.2. The van der Waals surface area contributed by atoms with Crippen molar-refractivity contribution >= 4 is 17.7 Å². The van der Waals surface area contributed by atoms with E-state index in [9.17, 15) is 13.6 Å². The first kappa shape index (κ1) is 24.9. The quantitative estimate of drug-likeness (QED) is 0.327. The number of hydrogen-bond acceptors (Lipinski definition) is 5. The molecule has 2 aliphatic rings. The highest BCUT2D eigenvalue weighted by molar-refractivity contribution is 6.18. The van der Waals surface area contributed by atoms with Crippen LogP contribution in [0, 0.1) is 17.6 Å². The van der Waals surface area contributed by atoms with Gasteiger partial charge in [-0.2, -0.15) is 0 Å². The van der Waals surface area contributed by atoms with Crippen LogP contribution in [0.2, 0.25) is 0 Å². The number of benzene rings is 2. The van der Waals surface area contributed by atoms with E-state index in [2.05, 4.69) is 18.8 Å². The summed E-state index contributed by atoms with van der Waals surface area (Å²) >= 11 is 0. The number of anilines is 1. The molecular formula is C30H28F2N6O. The number of aliphatic imine (C=N–C) groups is 1. The van der Waals surface area contributed by atoms with Gasteiger partial charge in [-0.25, -0.2) is 18.8 Å². The first-order valence-corrected chi connectivity index (χ1v) is 13.1. The van der Waals surface area contributed by atoms with Crippen LogP contribution >= 0.6 is 0 Å². The minimum Gasteiger partial charge on any atom is -0.305 e. The van der Waals surface area contributed by atoms with E-state index in [0.717, 1.165) is 17.3 Å². The molecule has 1 atom stereocenters. The fourth-order valence-electron chi connectivity index (χ4n) is 5.15. The van der Waals surface area contributed by atoms with Gasteiger partial charge in [0.1, 0.15) is 11.6 Å². The number of pyridine rings is 1. The summed E-state index contributed by atoms with van der Waals surface area (Å²) in [4.78, 5) is 31.8. The van der Waals surface area contributed by atoms with Crippen LogP contribution in [0.15, 0.2) is 71.9 Å². The molecule has 2 aromatic carbocycles. The summed E-state index contributed by atoms with van der Waals surface area (Å²) in [6.07, 6.45) is 1.73. The SMILES string of the molecule is CCN1C(=O)c2nc(-c3ccc(-c4ccccc4)nc3)n(Cc3ccc(F)c(F)c3)c2N2CC(C(C)C)N=C12. The minimum atomic E-state index is -0.923. The van der Waals surface area contributed by atoms with Gasteiger partial charge in [-0.3, -0.25) is 19.6 Å². The average molecular weight is 527 g/mol. The largest absolute Gasteiger partial charge is 0.305 e. The minimum absolute atomic E-state index is 0.00897. The number of halogens is 2. The number of imidazole rings is 1. The van der Waals surface area contributed by atoms with Gasteiger partial charge in [0.2, 0.25) is 5.96 Å². The highest BCUT2D eigenvalue weighted by atomic mass is 19.2. The summed E-state index contributed by atoms with van der Waals surface area (Å²) in [6, 6.07) is 17.5. The van der Waals surface area contributed by atoms with Crippen molar-refractivity contribution in [2.45, 2.75) is 33.4 Å². The van der Waals surface area contributed by atoms with E-state index >= 15 is 0 Å². The first-order valence-electron chi connectivity index (χ1n) is 13.1. The van der Waals surface area contributed by atoms with Crippen molar-refractivity contribution in [1.82, 2.24) is 19.4 Å². The molecule has 0 aliphatic carbocycles. The first-order chi connectivity index (χ1) is 18.9. The molecule has 9 heteroatoms. The third-order valence-electron chi connectivity index (χ3n) is 7.28. The highest BCUT2D eigenvalue weighted by Gasteiger charge is 2.44. The van der Waals surface area contributed by atoms with Crippen LogP contribution in [-0.4, -0.2) is 50.4 Å². The molecule has 0 bridgehead atoms. The van der Waals surface area contributed by atoms with E-state index in [0.29, 0.717) is 47.5 Å². The van der Waals surface area contributed by atoms with E-state index < -0.39 is 11.6 Å². The number of aromatic nitrogens is 3. The lowest BCUT2D eigenvalue weighted by Crippen LogP contribution is -2.50. The normalized spacial score (nSPS) is 16.5. The summed E-state index contributed by atoms with van der Waals surface area (Å²) in [5.41, 5.74) is 3.36. The fraction of sp³-hybridized carbons (Fsp3) is 0.267. The maximum atomic E-state index is 14.2. The fourth-order valence-corrected chi connectivity index (χ4v) is 5.15. The van der Waals surface area contributed by atoms with Crippen LogP contribution in [0.25, 0.3) is 22.6 Å². The highest BCUT2D eigenvalue weighted by Crippen LogP contribution is 2.37. The van der Waals surface area contributed by atoms with Gasteiger partial charge < -0.3 is 4.57 Å². The number of carbonyl (C=O) groups excluding carboxylic acids is 1. The van der Waals surface area contributed by atoms with Crippen molar-refractivity contribution in [2.75, 3.05) is 18.0 Å². The van der Waals surface area contributed by atoms with Gasteiger partial charge >= 0.3 is 0 Å². The Morgan fingerprint density at radius 2 is 1.79 bits per heavy atom. The summed E-state index contributed by atoms with van der Waals surface area (Å²) in [5.74, 6) is -0.0512. The summed E-state index contributed by atoms with van der Waals surface area (Å²) < 4.78 is 29.8. The zero-order valence-corrected chi connectivity index (χ0v) is 22.0. The van der Waals surface area contributed by atoms with Gasteiger partial charge in [-0.05, 0) is 42.7 Å². The van der Waals surface area contributed by atoms with Crippen LogP contribution in [-0.2, 0) is 6.54 Å². The van der Waals surface area contributed by atoms with E-state index in [-0.39, 0.29) is 24.4 Å². The Labute approximate surface area is 225 Å². The van der Waals surface area contributed by atoms with Crippen molar-refractivity contribution < 1.29 is 13.6 Å². The Kier molecular flexibility index (Phi) is 6.21. The lowest BCUT2D eigenvalue weighted by atomic mass is 10.1. The lowest BCUT2D eigenvalue weighted by Gasteiger charge is -2.33. The molecule has 0 fully saturated rings. The topological polar surface area (TPSA) is 66.6 Å².